The second-order valence-electron chi connectivity index (χ2n) is 5.63. The number of amides is 1. The Balaban J connectivity index is 1.99. The number of hydrogen-bond acceptors (Lipinski definition) is 2. The van der Waals surface area contributed by atoms with E-state index >= 15 is 0 Å². The van der Waals surface area contributed by atoms with Crippen LogP contribution in [0.5, 0.6) is 0 Å². The van der Waals surface area contributed by atoms with E-state index in [1.807, 2.05) is 26.0 Å². The summed E-state index contributed by atoms with van der Waals surface area (Å²) in [6, 6.07) is 13.9. The normalized spacial score (nSPS) is 10.5. The van der Waals surface area contributed by atoms with E-state index in [0.29, 0.717) is 30.1 Å². The number of nitrogens with one attached hydrogen (secondary N) is 2. The largest absolute Gasteiger partial charge is 0.381 e. The summed E-state index contributed by atoms with van der Waals surface area (Å²) < 4.78 is 13.6. The van der Waals surface area contributed by atoms with Gasteiger partial charge < -0.3 is 10.6 Å². The van der Waals surface area contributed by atoms with Crippen LogP contribution in [0.1, 0.15) is 29.8 Å². The molecular formula is C18H21FN2O. The maximum Gasteiger partial charge on any atom is 0.251 e. The molecule has 3 nitrogen and oxygen atoms in total. The lowest BCUT2D eigenvalue weighted by molar-refractivity contribution is 0.0949. The average molecular weight is 300 g/mol. The first-order valence-electron chi connectivity index (χ1n) is 7.42. The van der Waals surface area contributed by atoms with Gasteiger partial charge in [0.1, 0.15) is 5.82 Å². The SMILES string of the molecule is CC(C)CNC(=O)c1cccc(NCc2ccccc2F)c1. The molecule has 1 amide bonds. The van der Waals surface area contributed by atoms with Gasteiger partial charge in [0.15, 0.2) is 0 Å². The highest BCUT2D eigenvalue weighted by atomic mass is 19.1. The number of anilines is 1. The lowest BCUT2D eigenvalue weighted by atomic mass is 10.1. The van der Waals surface area contributed by atoms with Gasteiger partial charge in [-0.3, -0.25) is 4.79 Å². The number of benzene rings is 2. The zero-order chi connectivity index (χ0) is 15.9. The number of halogens is 1. The minimum absolute atomic E-state index is 0.0942. The van der Waals surface area contributed by atoms with E-state index in [1.165, 1.54) is 6.07 Å². The topological polar surface area (TPSA) is 41.1 Å². The molecule has 22 heavy (non-hydrogen) atoms. The summed E-state index contributed by atoms with van der Waals surface area (Å²) in [6.07, 6.45) is 0. The fourth-order valence-corrected chi connectivity index (χ4v) is 2.01. The van der Waals surface area contributed by atoms with Crippen LogP contribution >= 0.6 is 0 Å². The zero-order valence-electron chi connectivity index (χ0n) is 12.9. The Labute approximate surface area is 130 Å². The molecule has 0 atom stereocenters. The summed E-state index contributed by atoms with van der Waals surface area (Å²) in [5.74, 6) is 0.0791. The van der Waals surface area contributed by atoms with Crippen LogP contribution in [-0.4, -0.2) is 12.5 Å². The van der Waals surface area contributed by atoms with Crippen molar-refractivity contribution in [1.82, 2.24) is 5.32 Å². The van der Waals surface area contributed by atoms with Gasteiger partial charge in [0.05, 0.1) is 0 Å². The van der Waals surface area contributed by atoms with Gasteiger partial charge in [-0.25, -0.2) is 4.39 Å². The van der Waals surface area contributed by atoms with E-state index in [2.05, 4.69) is 10.6 Å². The molecule has 0 aliphatic rings. The Kier molecular flexibility index (Phi) is 5.53. The van der Waals surface area contributed by atoms with Crippen LogP contribution < -0.4 is 10.6 Å². The molecule has 0 saturated heterocycles. The van der Waals surface area contributed by atoms with Gasteiger partial charge in [-0.2, -0.15) is 0 Å². The van der Waals surface area contributed by atoms with Crippen LogP contribution in [0, 0.1) is 11.7 Å². The molecule has 0 aliphatic heterocycles. The summed E-state index contributed by atoms with van der Waals surface area (Å²) in [5, 5.41) is 6.02. The molecule has 0 radical (unpaired) electrons. The zero-order valence-corrected chi connectivity index (χ0v) is 12.9. The fourth-order valence-electron chi connectivity index (χ4n) is 2.01. The van der Waals surface area contributed by atoms with Crippen LogP contribution in [0.25, 0.3) is 0 Å². The van der Waals surface area contributed by atoms with Gasteiger partial charge in [0, 0.05) is 29.9 Å². The predicted molar refractivity (Wildman–Crippen MR) is 87.3 cm³/mol. The molecule has 0 aliphatic carbocycles. The van der Waals surface area contributed by atoms with E-state index in [9.17, 15) is 9.18 Å². The van der Waals surface area contributed by atoms with Crippen molar-refractivity contribution in [2.75, 3.05) is 11.9 Å². The van der Waals surface area contributed by atoms with Gasteiger partial charge in [-0.15, -0.1) is 0 Å². The second-order valence-corrected chi connectivity index (χ2v) is 5.63. The fraction of sp³-hybridized carbons (Fsp3) is 0.278. The first-order chi connectivity index (χ1) is 10.6. The Hall–Kier alpha value is -2.36. The third kappa shape index (κ3) is 4.58. The Bertz CT molecular complexity index is 640. The van der Waals surface area contributed by atoms with Gasteiger partial charge >= 0.3 is 0 Å². The van der Waals surface area contributed by atoms with Crippen molar-refractivity contribution in [3.05, 3.63) is 65.5 Å². The highest BCUT2D eigenvalue weighted by Gasteiger charge is 2.07. The van der Waals surface area contributed by atoms with Crippen molar-refractivity contribution in [1.29, 1.82) is 0 Å². The molecular weight excluding hydrogens is 279 g/mol. The number of rotatable bonds is 6. The highest BCUT2D eigenvalue weighted by Crippen LogP contribution is 2.14. The minimum atomic E-state index is -0.235. The number of hydrogen-bond donors (Lipinski definition) is 2. The lowest BCUT2D eigenvalue weighted by Crippen LogP contribution is -2.27. The Morgan fingerprint density at radius 1 is 1.14 bits per heavy atom. The first kappa shape index (κ1) is 16.0. The van der Waals surface area contributed by atoms with Crippen molar-refractivity contribution in [2.24, 2.45) is 5.92 Å². The van der Waals surface area contributed by atoms with Gasteiger partial charge in [0.25, 0.3) is 5.91 Å². The third-order valence-corrected chi connectivity index (χ3v) is 3.24. The summed E-state index contributed by atoms with van der Waals surface area (Å²) in [5.41, 5.74) is 1.98. The minimum Gasteiger partial charge on any atom is -0.381 e. The quantitative estimate of drug-likeness (QED) is 0.851. The molecule has 0 spiro atoms. The smallest absolute Gasteiger partial charge is 0.251 e. The monoisotopic (exact) mass is 300 g/mol. The molecule has 2 rings (SSSR count). The number of carbonyl (C=O) groups is 1. The Morgan fingerprint density at radius 2 is 1.91 bits per heavy atom. The summed E-state index contributed by atoms with van der Waals surface area (Å²) >= 11 is 0. The molecule has 0 bridgehead atoms. The van der Waals surface area contributed by atoms with Crippen molar-refractivity contribution < 1.29 is 9.18 Å². The molecule has 0 saturated carbocycles. The molecule has 2 aromatic rings. The van der Waals surface area contributed by atoms with Gasteiger partial charge in [-0.05, 0) is 30.2 Å². The van der Waals surface area contributed by atoms with Crippen LogP contribution in [0.4, 0.5) is 10.1 Å². The lowest BCUT2D eigenvalue weighted by Gasteiger charge is -2.10. The summed E-state index contributed by atoms with van der Waals surface area (Å²) in [4.78, 5) is 12.0. The highest BCUT2D eigenvalue weighted by molar-refractivity contribution is 5.95. The van der Waals surface area contributed by atoms with Gasteiger partial charge in [-0.1, -0.05) is 38.1 Å². The van der Waals surface area contributed by atoms with E-state index in [4.69, 9.17) is 0 Å². The molecule has 0 unspecified atom stereocenters. The van der Waals surface area contributed by atoms with Crippen molar-refractivity contribution >= 4 is 11.6 Å². The summed E-state index contributed by atoms with van der Waals surface area (Å²) in [7, 11) is 0. The maximum absolute atomic E-state index is 13.6. The van der Waals surface area contributed by atoms with Crippen LogP contribution in [0.2, 0.25) is 0 Å². The van der Waals surface area contributed by atoms with Gasteiger partial charge in [0.2, 0.25) is 0 Å². The van der Waals surface area contributed by atoms with Crippen LogP contribution in [0.15, 0.2) is 48.5 Å². The molecule has 0 aromatic heterocycles. The first-order valence-corrected chi connectivity index (χ1v) is 7.42. The van der Waals surface area contributed by atoms with Crippen molar-refractivity contribution in [3.8, 4) is 0 Å². The van der Waals surface area contributed by atoms with E-state index in [-0.39, 0.29) is 11.7 Å². The average Bonchev–Trinajstić information content (AvgIpc) is 2.52. The van der Waals surface area contributed by atoms with Crippen molar-refractivity contribution in [3.63, 3.8) is 0 Å². The Morgan fingerprint density at radius 3 is 2.64 bits per heavy atom. The molecule has 2 aromatic carbocycles. The molecule has 116 valence electrons. The third-order valence-electron chi connectivity index (χ3n) is 3.24. The number of carbonyl (C=O) groups excluding carboxylic acids is 1. The molecule has 0 heterocycles. The maximum atomic E-state index is 13.6. The second kappa shape index (κ2) is 7.59. The summed E-state index contributed by atoms with van der Waals surface area (Å²) in [6.45, 7) is 5.12. The standard InChI is InChI=1S/C18H21FN2O/c1-13(2)11-21-18(22)14-7-5-8-16(10-14)20-12-15-6-3-4-9-17(15)19/h3-10,13,20H,11-12H2,1-2H3,(H,21,22). The van der Waals surface area contributed by atoms with Crippen LogP contribution in [-0.2, 0) is 6.54 Å². The van der Waals surface area contributed by atoms with E-state index in [0.717, 1.165) is 5.69 Å². The van der Waals surface area contributed by atoms with Crippen LogP contribution in [0.3, 0.4) is 0 Å². The molecule has 4 heteroatoms. The molecule has 0 fully saturated rings. The van der Waals surface area contributed by atoms with E-state index < -0.39 is 0 Å². The predicted octanol–water partition coefficient (Wildman–Crippen LogP) is 3.82. The van der Waals surface area contributed by atoms with Crippen molar-refractivity contribution in [2.45, 2.75) is 20.4 Å². The van der Waals surface area contributed by atoms with E-state index in [1.54, 1.807) is 30.3 Å². The molecule has 2 N–H and O–H groups in total.